The van der Waals surface area contributed by atoms with Gasteiger partial charge in [0.15, 0.2) is 0 Å². The predicted octanol–water partition coefficient (Wildman–Crippen LogP) is 4.78. The Balaban J connectivity index is 1.69. The summed E-state index contributed by atoms with van der Waals surface area (Å²) in [6.07, 6.45) is 4.18. The van der Waals surface area contributed by atoms with Crippen LogP contribution in [-0.2, 0) is 19.4 Å². The van der Waals surface area contributed by atoms with E-state index in [0.29, 0.717) is 23.1 Å². The van der Waals surface area contributed by atoms with Crippen LogP contribution in [0, 0.1) is 5.92 Å². The molecule has 2 aromatic rings. The van der Waals surface area contributed by atoms with Gasteiger partial charge >= 0.3 is 6.03 Å². The van der Waals surface area contributed by atoms with Crippen molar-refractivity contribution in [1.82, 2.24) is 15.2 Å². The van der Waals surface area contributed by atoms with E-state index in [-0.39, 0.29) is 24.6 Å². The van der Waals surface area contributed by atoms with Gasteiger partial charge < -0.3 is 15.3 Å². The van der Waals surface area contributed by atoms with E-state index < -0.39 is 0 Å². The summed E-state index contributed by atoms with van der Waals surface area (Å²) in [6, 6.07) is 7.32. The average Bonchev–Trinajstić information content (AvgIpc) is 2.73. The van der Waals surface area contributed by atoms with Gasteiger partial charge in [0.25, 0.3) is 0 Å². The third-order valence-electron chi connectivity index (χ3n) is 5.36. The molecular weight excluding hydrogens is 409 g/mol. The molecule has 5 nitrogen and oxygen atoms in total. The van der Waals surface area contributed by atoms with E-state index in [1.807, 2.05) is 37.1 Å². The van der Waals surface area contributed by atoms with E-state index in [1.54, 1.807) is 6.07 Å². The molecule has 0 saturated carbocycles. The van der Waals surface area contributed by atoms with Gasteiger partial charge in [-0.3, -0.25) is 4.98 Å². The van der Waals surface area contributed by atoms with Gasteiger partial charge in [0.1, 0.15) is 0 Å². The van der Waals surface area contributed by atoms with E-state index in [4.69, 9.17) is 23.2 Å². The third kappa shape index (κ3) is 5.41. The van der Waals surface area contributed by atoms with Crippen LogP contribution >= 0.6 is 23.2 Å². The van der Waals surface area contributed by atoms with Crippen molar-refractivity contribution in [2.45, 2.75) is 45.7 Å². The molecule has 0 fully saturated rings. The van der Waals surface area contributed by atoms with E-state index in [1.165, 1.54) is 5.56 Å². The second kappa shape index (κ2) is 9.79. The summed E-state index contributed by atoms with van der Waals surface area (Å²) in [5, 5.41) is 13.4. The fourth-order valence-corrected chi connectivity index (χ4v) is 3.89. The van der Waals surface area contributed by atoms with Crippen LogP contribution in [0.3, 0.4) is 0 Å². The van der Waals surface area contributed by atoms with E-state index in [9.17, 15) is 9.90 Å². The minimum atomic E-state index is -0.128. The predicted molar refractivity (Wildman–Crippen MR) is 116 cm³/mol. The molecule has 1 aliphatic rings. The third-order valence-corrected chi connectivity index (χ3v) is 6.10. The number of nitrogens with zero attached hydrogens (tertiary/aromatic N) is 2. The second-order valence-electron chi connectivity index (χ2n) is 7.69. The highest BCUT2D eigenvalue weighted by Crippen LogP contribution is 2.27. The maximum absolute atomic E-state index is 12.9. The van der Waals surface area contributed by atoms with Crippen LogP contribution in [0.2, 0.25) is 10.0 Å². The zero-order chi connectivity index (χ0) is 21.0. The number of aliphatic hydroxyl groups is 1. The first-order chi connectivity index (χ1) is 13.9. The molecular formula is C22H27Cl2N3O2. The highest BCUT2D eigenvalue weighted by Gasteiger charge is 2.24. The number of amides is 2. The van der Waals surface area contributed by atoms with Crippen molar-refractivity contribution < 1.29 is 9.90 Å². The first-order valence-electron chi connectivity index (χ1n) is 9.99. The van der Waals surface area contributed by atoms with Gasteiger partial charge in [-0.15, -0.1) is 0 Å². The fourth-order valence-electron chi connectivity index (χ4n) is 3.58. The van der Waals surface area contributed by atoms with Crippen molar-refractivity contribution >= 4 is 29.2 Å². The molecule has 156 valence electrons. The highest BCUT2D eigenvalue weighted by atomic mass is 35.5. The largest absolute Gasteiger partial charge is 0.396 e. The average molecular weight is 436 g/mol. The molecule has 0 radical (unpaired) electrons. The number of halogens is 2. The summed E-state index contributed by atoms with van der Waals surface area (Å²) in [6.45, 7) is 5.38. The molecule has 2 atom stereocenters. The lowest BCUT2D eigenvalue weighted by molar-refractivity contribution is 0.187. The Labute approximate surface area is 182 Å². The van der Waals surface area contributed by atoms with Gasteiger partial charge in [0.05, 0.1) is 16.1 Å². The molecule has 1 aliphatic heterocycles. The van der Waals surface area contributed by atoms with Crippen molar-refractivity contribution in [1.29, 1.82) is 0 Å². The van der Waals surface area contributed by atoms with Gasteiger partial charge in [-0.25, -0.2) is 4.79 Å². The number of pyridine rings is 1. The number of hydrogen-bond donors (Lipinski definition) is 2. The van der Waals surface area contributed by atoms with E-state index >= 15 is 0 Å². The number of aromatic nitrogens is 1. The number of fused-ring (bicyclic) bond motifs is 1. The molecule has 7 heteroatoms. The molecule has 0 spiro atoms. The van der Waals surface area contributed by atoms with Crippen molar-refractivity contribution in [3.05, 3.63) is 62.9 Å². The zero-order valence-corrected chi connectivity index (χ0v) is 18.3. The molecule has 0 aliphatic carbocycles. The van der Waals surface area contributed by atoms with Gasteiger partial charge in [-0.2, -0.15) is 0 Å². The Kier molecular flexibility index (Phi) is 7.38. The lowest BCUT2D eigenvalue weighted by atomic mass is 9.98. The summed E-state index contributed by atoms with van der Waals surface area (Å²) in [5.41, 5.74) is 4.21. The van der Waals surface area contributed by atoms with Gasteiger partial charge in [0, 0.05) is 31.6 Å². The Bertz CT molecular complexity index is 875. The Morgan fingerprint density at radius 3 is 2.76 bits per heavy atom. The molecule has 29 heavy (non-hydrogen) atoms. The van der Waals surface area contributed by atoms with E-state index in [0.717, 1.165) is 36.1 Å². The number of rotatable bonds is 6. The monoisotopic (exact) mass is 435 g/mol. The zero-order valence-electron chi connectivity index (χ0n) is 16.8. The first kappa shape index (κ1) is 21.9. The van der Waals surface area contributed by atoms with Crippen molar-refractivity contribution in [2.24, 2.45) is 5.92 Å². The number of aliphatic hydroxyl groups excluding tert-OH is 1. The summed E-state index contributed by atoms with van der Waals surface area (Å²) in [5.74, 6) is 0.167. The topological polar surface area (TPSA) is 65.5 Å². The number of hydrogen-bond acceptors (Lipinski definition) is 3. The molecule has 0 bridgehead atoms. The van der Waals surface area contributed by atoms with Crippen LogP contribution in [-0.4, -0.2) is 34.2 Å². The lowest BCUT2D eigenvalue weighted by Gasteiger charge is -2.31. The van der Waals surface area contributed by atoms with Crippen molar-refractivity contribution in [2.75, 3.05) is 13.2 Å². The number of urea groups is 1. The van der Waals surface area contributed by atoms with Crippen LogP contribution in [0.4, 0.5) is 4.79 Å². The number of nitrogens with one attached hydrogen (secondary N) is 1. The quantitative estimate of drug-likeness (QED) is 0.685. The standard InChI is InChI=1S/C22H27Cl2N3O2/c1-3-21(15-4-5-19(23)20(24)10-15)26-22(29)27-7-6-16-11-25-18(8-14(2)13-28)9-17(16)12-27/h4-5,9-11,14,21,28H,3,6-8,12-13H2,1-2H3,(H,26,29)/t14-,21-/m1/s1. The SMILES string of the molecule is CC[C@@H](NC(=O)N1CCc2cnc(C[C@@H](C)CO)cc2C1)c1ccc(Cl)c(Cl)c1. The Morgan fingerprint density at radius 1 is 1.28 bits per heavy atom. The van der Waals surface area contributed by atoms with Crippen molar-refractivity contribution in [3.63, 3.8) is 0 Å². The van der Waals surface area contributed by atoms with Crippen molar-refractivity contribution in [3.8, 4) is 0 Å². The van der Waals surface area contributed by atoms with Crippen LogP contribution in [0.5, 0.6) is 0 Å². The van der Waals surface area contributed by atoms with Gasteiger partial charge in [-0.1, -0.05) is 43.1 Å². The maximum atomic E-state index is 12.9. The summed E-state index contributed by atoms with van der Waals surface area (Å²) in [7, 11) is 0. The Morgan fingerprint density at radius 2 is 2.07 bits per heavy atom. The molecule has 1 aromatic heterocycles. The molecule has 3 rings (SSSR count). The second-order valence-corrected chi connectivity index (χ2v) is 8.51. The number of benzene rings is 1. The highest BCUT2D eigenvalue weighted by molar-refractivity contribution is 6.42. The molecule has 2 amide bonds. The fraction of sp³-hybridized carbons (Fsp3) is 0.455. The van der Waals surface area contributed by atoms with Crippen LogP contribution in [0.25, 0.3) is 0 Å². The molecule has 2 N–H and O–H groups in total. The molecule has 0 saturated heterocycles. The lowest BCUT2D eigenvalue weighted by Crippen LogP contribution is -2.44. The molecule has 0 unspecified atom stereocenters. The van der Waals surface area contributed by atoms with Gasteiger partial charge in [-0.05, 0) is 60.1 Å². The summed E-state index contributed by atoms with van der Waals surface area (Å²) in [4.78, 5) is 19.3. The number of carbonyl (C=O) groups excluding carboxylic acids is 1. The minimum Gasteiger partial charge on any atom is -0.396 e. The maximum Gasteiger partial charge on any atom is 0.318 e. The molecule has 2 heterocycles. The Hall–Kier alpha value is -1.82. The first-order valence-corrected chi connectivity index (χ1v) is 10.7. The number of carbonyl (C=O) groups is 1. The van der Waals surface area contributed by atoms with Crippen LogP contribution in [0.15, 0.2) is 30.5 Å². The molecule has 1 aromatic carbocycles. The summed E-state index contributed by atoms with van der Waals surface area (Å²) < 4.78 is 0. The van der Waals surface area contributed by atoms with Gasteiger partial charge in [0.2, 0.25) is 0 Å². The summed E-state index contributed by atoms with van der Waals surface area (Å²) >= 11 is 12.2. The van der Waals surface area contributed by atoms with Crippen LogP contribution in [0.1, 0.15) is 48.7 Å². The van der Waals surface area contributed by atoms with Crippen LogP contribution < -0.4 is 5.32 Å². The minimum absolute atomic E-state index is 0.0874. The van der Waals surface area contributed by atoms with E-state index in [2.05, 4.69) is 16.4 Å². The smallest absolute Gasteiger partial charge is 0.318 e. The normalized spacial score (nSPS) is 15.6.